The number of nitrogens with one attached hydrogen (secondary N) is 1. The molecule has 0 spiro atoms. The largest absolute Gasteiger partial charge is 0.673 e. The van der Waals surface area contributed by atoms with E-state index in [2.05, 4.69) is 12.2 Å². The second-order valence-electron chi connectivity index (χ2n) is 3.10. The summed E-state index contributed by atoms with van der Waals surface area (Å²) in [5, 5.41) is 12.8. The molecule has 1 aromatic carbocycles. The van der Waals surface area contributed by atoms with E-state index in [1.165, 1.54) is 24.3 Å². The van der Waals surface area contributed by atoms with E-state index in [9.17, 15) is 32.2 Å². The van der Waals surface area contributed by atoms with E-state index in [4.69, 9.17) is 0 Å². The van der Waals surface area contributed by atoms with Gasteiger partial charge in [0.2, 0.25) is 5.91 Å². The predicted octanol–water partition coefficient (Wildman–Crippen LogP) is 3.06. The molecule has 10 heteroatoms. The first-order chi connectivity index (χ1) is 8.63. The lowest BCUT2D eigenvalue weighted by Gasteiger charge is -2.01. The number of carbonyl (C=O) groups excluding carboxylic acids is 1. The van der Waals surface area contributed by atoms with Crippen molar-refractivity contribution >= 4 is 24.5 Å². The van der Waals surface area contributed by atoms with Gasteiger partial charge in [0.05, 0.1) is 4.92 Å². The average molecular weight is 280 g/mol. The highest BCUT2D eigenvalue weighted by molar-refractivity contribution is 6.50. The Balaban J connectivity index is 0.000000555. The van der Waals surface area contributed by atoms with E-state index >= 15 is 0 Å². The number of non-ortho nitro benzene ring substituents is 1. The minimum atomic E-state index is -6.00. The maximum atomic E-state index is 10.9. The Kier molecular flexibility index (Phi) is 6.52. The van der Waals surface area contributed by atoms with Crippen LogP contribution < -0.4 is 5.32 Å². The zero-order valence-corrected chi connectivity index (χ0v) is 9.48. The smallest absolute Gasteiger partial charge is 0.418 e. The molecule has 0 unspecified atom stereocenters. The molecule has 105 valence electrons. The number of amides is 1. The third-order valence-electron chi connectivity index (χ3n) is 1.59. The molecule has 0 saturated heterocycles. The van der Waals surface area contributed by atoms with Crippen LogP contribution in [-0.2, 0) is 4.79 Å². The predicted molar refractivity (Wildman–Crippen MR) is 61.9 cm³/mol. The molecule has 1 radical (unpaired) electrons. The zero-order valence-electron chi connectivity index (χ0n) is 9.48. The summed E-state index contributed by atoms with van der Waals surface area (Å²) in [6.45, 7) is 3.41. The summed E-state index contributed by atoms with van der Waals surface area (Å²) in [7, 11) is -6.00. The molecule has 0 aromatic heterocycles. The van der Waals surface area contributed by atoms with Crippen molar-refractivity contribution in [1.29, 1.82) is 0 Å². The topological polar surface area (TPSA) is 72.2 Å². The molecule has 1 aromatic rings. The fourth-order valence-electron chi connectivity index (χ4n) is 0.890. The Morgan fingerprint density at radius 1 is 1.26 bits per heavy atom. The first kappa shape index (κ1) is 16.9. The average Bonchev–Trinajstić information content (AvgIpc) is 2.27. The molecule has 0 aliphatic heterocycles. The maximum absolute atomic E-state index is 10.9. The number of anilines is 1. The van der Waals surface area contributed by atoms with Crippen LogP contribution >= 0.6 is 0 Å². The highest BCUT2D eigenvalue weighted by Gasteiger charge is 2.20. The normalized spacial score (nSPS) is 10.2. The lowest BCUT2D eigenvalue weighted by molar-refractivity contribution is -0.384. The molecule has 0 saturated carbocycles. The number of nitro groups is 1. The van der Waals surface area contributed by atoms with Crippen LogP contribution in [0.3, 0.4) is 0 Å². The van der Waals surface area contributed by atoms with Gasteiger partial charge in [0.25, 0.3) is 5.69 Å². The zero-order chi connectivity index (χ0) is 15.1. The highest BCUT2D eigenvalue weighted by atomic mass is 19.5. The summed E-state index contributed by atoms with van der Waals surface area (Å²) in [6, 6.07) is 5.62. The minimum absolute atomic E-state index is 0.00220. The number of halogens is 4. The van der Waals surface area contributed by atoms with Gasteiger partial charge in [0.15, 0.2) is 0 Å². The second-order valence-corrected chi connectivity index (χ2v) is 3.10. The molecule has 5 nitrogen and oxygen atoms in total. The molecule has 0 bridgehead atoms. The van der Waals surface area contributed by atoms with Crippen molar-refractivity contribution in [3.05, 3.63) is 41.3 Å². The summed E-state index contributed by atoms with van der Waals surface area (Å²) in [4.78, 5) is 20.7. The summed E-state index contributed by atoms with van der Waals surface area (Å²) in [6.07, 6.45) is 0.136. The van der Waals surface area contributed by atoms with Gasteiger partial charge in [-0.15, -0.1) is 0 Å². The quantitative estimate of drug-likeness (QED) is 0.400. The van der Waals surface area contributed by atoms with E-state index in [0.717, 1.165) is 0 Å². The third-order valence-corrected chi connectivity index (χ3v) is 1.59. The van der Waals surface area contributed by atoms with Crippen molar-refractivity contribution in [1.82, 2.24) is 0 Å². The lowest BCUT2D eigenvalue weighted by Crippen LogP contribution is -2.09. The molecular weight excluding hydrogens is 271 g/mol. The number of hydrogen-bond donors (Lipinski definition) is 1. The van der Waals surface area contributed by atoms with Gasteiger partial charge in [-0.1, -0.05) is 0 Å². The van der Waals surface area contributed by atoms with Crippen molar-refractivity contribution < 1.29 is 27.0 Å². The van der Waals surface area contributed by atoms with E-state index in [1.807, 2.05) is 0 Å². The molecule has 0 fully saturated rings. The standard InChI is InChI=1S/C9H9N2O3.BF4/c1-2-9(12)10-7-3-5-8(6-4-7)11(13)14;2-1(3,4)5/h3-6H,1-2H2,(H,10,12);/q;-1. The van der Waals surface area contributed by atoms with Crippen molar-refractivity contribution in [3.63, 3.8) is 0 Å². The molecular formula is C9H9BF4N2O3-. The monoisotopic (exact) mass is 280 g/mol. The highest BCUT2D eigenvalue weighted by Crippen LogP contribution is 2.15. The van der Waals surface area contributed by atoms with Gasteiger partial charge in [-0.25, -0.2) is 0 Å². The van der Waals surface area contributed by atoms with Crippen LogP contribution in [0.1, 0.15) is 6.42 Å². The van der Waals surface area contributed by atoms with Gasteiger partial charge < -0.3 is 22.6 Å². The molecule has 1 rings (SSSR count). The molecule has 1 amide bonds. The number of carbonyl (C=O) groups is 1. The van der Waals surface area contributed by atoms with Crippen LogP contribution in [0.4, 0.5) is 28.6 Å². The van der Waals surface area contributed by atoms with Crippen molar-refractivity contribution in [3.8, 4) is 0 Å². The molecule has 0 heterocycles. The molecule has 19 heavy (non-hydrogen) atoms. The summed E-state index contributed by atoms with van der Waals surface area (Å²) in [5.74, 6) is -0.223. The van der Waals surface area contributed by atoms with Gasteiger partial charge in [-0.3, -0.25) is 14.9 Å². The Labute approximate surface area is 105 Å². The van der Waals surface area contributed by atoms with E-state index < -0.39 is 12.2 Å². The molecule has 0 aliphatic rings. The fourth-order valence-corrected chi connectivity index (χ4v) is 0.890. The summed E-state index contributed by atoms with van der Waals surface area (Å²) < 4.78 is 39.0. The number of nitrogens with zero attached hydrogens (tertiary/aromatic N) is 1. The van der Waals surface area contributed by atoms with Crippen LogP contribution in [0.15, 0.2) is 24.3 Å². The Morgan fingerprint density at radius 3 is 2.00 bits per heavy atom. The van der Waals surface area contributed by atoms with Gasteiger partial charge in [-0.05, 0) is 19.1 Å². The number of rotatable bonds is 3. The van der Waals surface area contributed by atoms with E-state index in [1.54, 1.807) is 0 Å². The van der Waals surface area contributed by atoms with Crippen LogP contribution in [0.2, 0.25) is 0 Å². The minimum Gasteiger partial charge on any atom is -0.418 e. The Morgan fingerprint density at radius 2 is 1.68 bits per heavy atom. The van der Waals surface area contributed by atoms with Gasteiger partial charge in [-0.2, -0.15) is 0 Å². The first-order valence-electron chi connectivity index (χ1n) is 4.84. The van der Waals surface area contributed by atoms with Crippen molar-refractivity contribution in [2.75, 3.05) is 5.32 Å². The number of benzene rings is 1. The molecule has 0 atom stereocenters. The van der Waals surface area contributed by atoms with E-state index in [0.29, 0.717) is 5.69 Å². The fraction of sp³-hybridized carbons (Fsp3) is 0.111. The lowest BCUT2D eigenvalue weighted by atomic mass is 10.3. The van der Waals surface area contributed by atoms with Gasteiger partial charge in [0, 0.05) is 24.2 Å². The Bertz CT molecular complexity index is 430. The van der Waals surface area contributed by atoms with Crippen LogP contribution in [-0.4, -0.2) is 18.1 Å². The number of hydrogen-bond acceptors (Lipinski definition) is 3. The first-order valence-corrected chi connectivity index (χ1v) is 4.84. The summed E-state index contributed by atoms with van der Waals surface area (Å²) >= 11 is 0. The Hall–Kier alpha value is -2.13. The van der Waals surface area contributed by atoms with Crippen LogP contribution in [0, 0.1) is 17.0 Å². The van der Waals surface area contributed by atoms with Crippen molar-refractivity contribution in [2.24, 2.45) is 0 Å². The molecule has 0 aliphatic carbocycles. The second kappa shape index (κ2) is 7.34. The molecule has 1 N–H and O–H groups in total. The van der Waals surface area contributed by atoms with Gasteiger partial charge in [0.1, 0.15) is 0 Å². The third kappa shape index (κ3) is 9.56. The maximum Gasteiger partial charge on any atom is 0.673 e. The van der Waals surface area contributed by atoms with Crippen LogP contribution in [0.25, 0.3) is 0 Å². The van der Waals surface area contributed by atoms with Gasteiger partial charge >= 0.3 is 7.25 Å². The SMILES string of the molecule is F[B-](F)(F)F.[CH2]CC(=O)Nc1ccc([N+](=O)[O-])cc1. The van der Waals surface area contributed by atoms with E-state index in [-0.39, 0.29) is 18.0 Å². The summed E-state index contributed by atoms with van der Waals surface area (Å²) in [5.41, 5.74) is 0.530. The number of nitro benzene ring substituents is 1. The van der Waals surface area contributed by atoms with Crippen LogP contribution in [0.5, 0.6) is 0 Å². The van der Waals surface area contributed by atoms with Crippen molar-refractivity contribution in [2.45, 2.75) is 6.42 Å².